The molecule has 2 aromatic rings. The second-order valence-corrected chi connectivity index (χ2v) is 3.78. The zero-order valence-corrected chi connectivity index (χ0v) is 10.3. The third-order valence-corrected chi connectivity index (χ3v) is 2.40. The van der Waals surface area contributed by atoms with E-state index in [9.17, 15) is 0 Å². The molecule has 0 atom stereocenters. The molecule has 0 radical (unpaired) electrons. The molecule has 3 N–H and O–H groups in total. The van der Waals surface area contributed by atoms with Crippen molar-refractivity contribution >= 4 is 18.0 Å². The van der Waals surface area contributed by atoms with Gasteiger partial charge in [-0.25, -0.2) is 0 Å². The molecule has 1 aromatic carbocycles. The first kappa shape index (κ1) is 12.8. The van der Waals surface area contributed by atoms with Gasteiger partial charge in [0.05, 0.1) is 5.56 Å². The minimum absolute atomic E-state index is 0.410. The second kappa shape index (κ2) is 6.30. The third kappa shape index (κ3) is 3.38. The molecule has 1 aromatic heterocycles. The minimum Gasteiger partial charge on any atom is -0.398 e. The number of nitrogens with one attached hydrogen (secondary N) is 1. The Labute approximate surface area is 111 Å². The number of aromatic nitrogens is 2. The number of nitrogens with zero attached hydrogens (tertiary/aromatic N) is 2. The van der Waals surface area contributed by atoms with Gasteiger partial charge in [-0.05, 0) is 30.7 Å². The summed E-state index contributed by atoms with van der Waals surface area (Å²) >= 11 is 0. The van der Waals surface area contributed by atoms with Crippen LogP contribution in [0.2, 0.25) is 0 Å². The Hall–Kier alpha value is -2.69. The van der Waals surface area contributed by atoms with Crippen LogP contribution in [0.5, 0.6) is 0 Å². The lowest BCUT2D eigenvalue weighted by Crippen LogP contribution is -1.89. The van der Waals surface area contributed by atoms with Gasteiger partial charge in [-0.2, -0.15) is 4.98 Å². The van der Waals surface area contributed by atoms with E-state index in [-0.39, 0.29) is 0 Å². The van der Waals surface area contributed by atoms with Crippen molar-refractivity contribution in [2.24, 2.45) is 0 Å². The zero-order valence-electron chi connectivity index (χ0n) is 10.3. The van der Waals surface area contributed by atoms with E-state index in [4.69, 9.17) is 15.7 Å². The quantitative estimate of drug-likeness (QED) is 0.634. The van der Waals surface area contributed by atoms with Gasteiger partial charge in [-0.15, -0.1) is 0 Å². The predicted molar refractivity (Wildman–Crippen MR) is 75.7 cm³/mol. The van der Waals surface area contributed by atoms with E-state index in [1.54, 1.807) is 18.2 Å². The van der Waals surface area contributed by atoms with Crippen molar-refractivity contribution in [3.8, 4) is 11.5 Å². The second-order valence-electron chi connectivity index (χ2n) is 3.78. The molecule has 0 aliphatic heterocycles. The molecule has 1 heterocycles. The van der Waals surface area contributed by atoms with Crippen molar-refractivity contribution in [1.82, 2.24) is 10.1 Å². The van der Waals surface area contributed by atoms with Gasteiger partial charge in [-0.3, -0.25) is 0 Å². The van der Waals surface area contributed by atoms with Crippen LogP contribution in [-0.2, 0) is 0 Å². The fourth-order valence-electron chi connectivity index (χ4n) is 1.50. The molecule has 96 valence electrons. The summed E-state index contributed by atoms with van der Waals surface area (Å²) < 4.78 is 5.16. The van der Waals surface area contributed by atoms with Gasteiger partial charge in [0.2, 0.25) is 0 Å². The van der Waals surface area contributed by atoms with Crippen LogP contribution in [0.4, 0.5) is 5.69 Å². The van der Waals surface area contributed by atoms with Crippen LogP contribution < -0.4 is 5.73 Å². The predicted octanol–water partition coefficient (Wildman–Crippen LogP) is 2.93. The summed E-state index contributed by atoms with van der Waals surface area (Å²) in [6.07, 6.45) is 9.13. The van der Waals surface area contributed by atoms with Gasteiger partial charge in [0, 0.05) is 11.9 Å². The lowest BCUT2D eigenvalue weighted by molar-refractivity contribution is 0.429. The van der Waals surface area contributed by atoms with Crippen molar-refractivity contribution in [2.75, 3.05) is 5.73 Å². The topological polar surface area (TPSA) is 88.8 Å². The van der Waals surface area contributed by atoms with Gasteiger partial charge < -0.3 is 15.7 Å². The van der Waals surface area contributed by atoms with Crippen LogP contribution in [0.1, 0.15) is 12.2 Å². The van der Waals surface area contributed by atoms with Crippen molar-refractivity contribution < 1.29 is 4.52 Å². The number of nitrogens with two attached hydrogens (primary N) is 1. The number of anilines is 1. The van der Waals surface area contributed by atoms with Crippen LogP contribution in [0.3, 0.4) is 0 Å². The van der Waals surface area contributed by atoms with Crippen molar-refractivity contribution in [3.63, 3.8) is 0 Å². The summed E-state index contributed by atoms with van der Waals surface area (Å²) in [4.78, 5) is 4.25. The zero-order chi connectivity index (χ0) is 13.5. The maximum Gasteiger partial charge on any atom is 0.260 e. The Morgan fingerprint density at radius 3 is 2.89 bits per heavy atom. The number of rotatable bonds is 5. The van der Waals surface area contributed by atoms with Crippen molar-refractivity contribution in [3.05, 3.63) is 48.3 Å². The molecular weight excluding hydrogens is 240 g/mol. The Morgan fingerprint density at radius 2 is 2.11 bits per heavy atom. The molecule has 0 spiro atoms. The highest BCUT2D eigenvalue weighted by atomic mass is 16.5. The lowest BCUT2D eigenvalue weighted by Gasteiger charge is -1.97. The SMILES string of the molecule is N=CC=CC/C=C/c1noc(-c2ccccc2N)n1. The lowest BCUT2D eigenvalue weighted by atomic mass is 10.2. The first-order valence-corrected chi connectivity index (χ1v) is 5.82. The van der Waals surface area contributed by atoms with Crippen molar-refractivity contribution in [1.29, 1.82) is 5.41 Å². The number of allylic oxidation sites excluding steroid dienone is 3. The first-order chi connectivity index (χ1) is 9.31. The van der Waals surface area contributed by atoms with E-state index in [2.05, 4.69) is 10.1 Å². The third-order valence-electron chi connectivity index (χ3n) is 2.40. The van der Waals surface area contributed by atoms with Gasteiger partial charge in [-0.1, -0.05) is 29.4 Å². The molecular formula is C14H14N4O. The molecule has 19 heavy (non-hydrogen) atoms. The van der Waals surface area contributed by atoms with E-state index < -0.39 is 0 Å². The smallest absolute Gasteiger partial charge is 0.260 e. The van der Waals surface area contributed by atoms with Gasteiger partial charge in [0.15, 0.2) is 5.82 Å². The Morgan fingerprint density at radius 1 is 1.26 bits per heavy atom. The van der Waals surface area contributed by atoms with Crippen LogP contribution in [0, 0.1) is 5.41 Å². The molecule has 0 unspecified atom stereocenters. The summed E-state index contributed by atoms with van der Waals surface area (Å²) in [6.45, 7) is 0. The largest absolute Gasteiger partial charge is 0.398 e. The van der Waals surface area contributed by atoms with Crippen LogP contribution in [0.15, 0.2) is 47.0 Å². The highest BCUT2D eigenvalue weighted by Gasteiger charge is 2.09. The molecule has 2 rings (SSSR count). The van der Waals surface area contributed by atoms with E-state index in [0.717, 1.165) is 5.56 Å². The summed E-state index contributed by atoms with van der Waals surface area (Å²) in [5.74, 6) is 0.911. The summed E-state index contributed by atoms with van der Waals surface area (Å²) in [7, 11) is 0. The van der Waals surface area contributed by atoms with Gasteiger partial charge in [0.1, 0.15) is 0 Å². The van der Waals surface area contributed by atoms with Crippen LogP contribution in [0.25, 0.3) is 17.5 Å². The van der Waals surface area contributed by atoms with E-state index in [1.165, 1.54) is 6.21 Å². The summed E-state index contributed by atoms with van der Waals surface area (Å²) in [5.41, 5.74) is 7.18. The Bertz CT molecular complexity index is 613. The molecule has 0 bridgehead atoms. The molecule has 0 aliphatic rings. The van der Waals surface area contributed by atoms with E-state index in [0.29, 0.717) is 23.8 Å². The Kier molecular flexibility index (Phi) is 4.23. The first-order valence-electron chi connectivity index (χ1n) is 5.82. The average molecular weight is 254 g/mol. The van der Waals surface area contributed by atoms with E-state index in [1.807, 2.05) is 30.4 Å². The minimum atomic E-state index is 0.410. The molecule has 5 heteroatoms. The van der Waals surface area contributed by atoms with E-state index >= 15 is 0 Å². The number of para-hydroxylation sites is 1. The average Bonchev–Trinajstić information content (AvgIpc) is 2.88. The molecule has 0 fully saturated rings. The van der Waals surface area contributed by atoms with Crippen molar-refractivity contribution in [2.45, 2.75) is 6.42 Å². The fourth-order valence-corrected chi connectivity index (χ4v) is 1.50. The molecule has 0 saturated carbocycles. The summed E-state index contributed by atoms with van der Waals surface area (Å²) in [5, 5.41) is 10.7. The maximum atomic E-state index is 6.83. The van der Waals surface area contributed by atoms with Crippen LogP contribution in [-0.4, -0.2) is 16.4 Å². The fraction of sp³-hybridized carbons (Fsp3) is 0.0714. The maximum absolute atomic E-state index is 6.83. The monoisotopic (exact) mass is 254 g/mol. The summed E-state index contributed by atoms with van der Waals surface area (Å²) in [6, 6.07) is 7.35. The number of benzene rings is 1. The highest BCUT2D eigenvalue weighted by Crippen LogP contribution is 2.23. The number of hydrogen-bond acceptors (Lipinski definition) is 5. The molecule has 0 aliphatic carbocycles. The standard InChI is InChI=1S/C14H14N4O/c15-10-6-2-1-3-9-13-17-14(19-18-13)11-7-4-5-8-12(11)16/h2-10,15H,1,16H2/b6-2?,9-3+,15-10?. The number of nitrogen functional groups attached to an aromatic ring is 1. The molecule has 0 amide bonds. The number of hydrogen-bond donors (Lipinski definition) is 2. The van der Waals surface area contributed by atoms with Gasteiger partial charge in [0.25, 0.3) is 5.89 Å². The molecule has 5 nitrogen and oxygen atoms in total. The van der Waals surface area contributed by atoms with Crippen LogP contribution >= 0.6 is 0 Å². The molecule has 0 saturated heterocycles. The highest BCUT2D eigenvalue weighted by molar-refractivity contribution is 5.70. The Balaban J connectivity index is 2.09. The van der Waals surface area contributed by atoms with Gasteiger partial charge >= 0.3 is 0 Å². The normalized spacial score (nSPS) is 11.4.